The Labute approximate surface area is 115 Å². The van der Waals surface area contributed by atoms with E-state index in [1.807, 2.05) is 27.7 Å². The van der Waals surface area contributed by atoms with E-state index in [4.69, 9.17) is 15.9 Å². The highest BCUT2D eigenvalue weighted by molar-refractivity contribution is 5.86. The predicted molar refractivity (Wildman–Crippen MR) is 75.3 cm³/mol. The van der Waals surface area contributed by atoms with E-state index in [1.54, 1.807) is 4.90 Å². The maximum atomic E-state index is 11.8. The molecule has 0 unspecified atom stereocenters. The first-order chi connectivity index (χ1) is 8.75. The molecule has 6 heteroatoms. The van der Waals surface area contributed by atoms with Crippen LogP contribution in [0.15, 0.2) is 0 Å². The van der Waals surface area contributed by atoms with Gasteiger partial charge in [0.2, 0.25) is 0 Å². The van der Waals surface area contributed by atoms with E-state index in [2.05, 4.69) is 4.90 Å². The molecule has 1 amide bonds. The molecule has 1 fully saturated rings. The van der Waals surface area contributed by atoms with Crippen LogP contribution in [0, 0.1) is 11.3 Å². The maximum Gasteiger partial charge on any atom is 0.409 e. The highest BCUT2D eigenvalue weighted by atomic mass is 16.6. The van der Waals surface area contributed by atoms with Crippen molar-refractivity contribution < 1.29 is 9.53 Å². The first-order valence-electron chi connectivity index (χ1n) is 6.76. The van der Waals surface area contributed by atoms with Crippen LogP contribution in [0.2, 0.25) is 0 Å². The molecule has 3 N–H and O–H groups in total. The van der Waals surface area contributed by atoms with Gasteiger partial charge in [0.25, 0.3) is 0 Å². The van der Waals surface area contributed by atoms with Crippen molar-refractivity contribution in [1.82, 2.24) is 9.80 Å². The van der Waals surface area contributed by atoms with Crippen molar-refractivity contribution in [1.29, 1.82) is 5.41 Å². The summed E-state index contributed by atoms with van der Waals surface area (Å²) in [5.74, 6) is 0.505. The summed E-state index contributed by atoms with van der Waals surface area (Å²) in [6, 6.07) is 0. The van der Waals surface area contributed by atoms with Gasteiger partial charge < -0.3 is 15.4 Å². The van der Waals surface area contributed by atoms with Crippen LogP contribution < -0.4 is 5.73 Å². The predicted octanol–water partition coefficient (Wildman–Crippen LogP) is 1.11. The zero-order valence-electron chi connectivity index (χ0n) is 12.4. The second-order valence-corrected chi connectivity index (χ2v) is 5.92. The Morgan fingerprint density at radius 3 is 2.26 bits per heavy atom. The largest absolute Gasteiger partial charge is 0.449 e. The summed E-state index contributed by atoms with van der Waals surface area (Å²) in [5, 5.41) is 7.61. The smallest absolute Gasteiger partial charge is 0.409 e. The van der Waals surface area contributed by atoms with Crippen LogP contribution in [0.1, 0.15) is 27.7 Å². The fourth-order valence-corrected chi connectivity index (χ4v) is 1.95. The Bertz CT molecular complexity index is 334. The summed E-state index contributed by atoms with van der Waals surface area (Å²) in [4.78, 5) is 15.7. The minimum Gasteiger partial charge on any atom is -0.449 e. The monoisotopic (exact) mass is 270 g/mol. The standard InChI is InChI=1S/C13H26N4O2/c1-10(2)9-19-12(18)16-5-7-17(8-6-16)13(3,4)11(14)15/h10H,5-9H2,1-4H3,(H3,14,15). The van der Waals surface area contributed by atoms with Gasteiger partial charge in [-0.2, -0.15) is 0 Å². The number of piperazine rings is 1. The summed E-state index contributed by atoms with van der Waals surface area (Å²) >= 11 is 0. The van der Waals surface area contributed by atoms with Gasteiger partial charge in [0.15, 0.2) is 0 Å². The van der Waals surface area contributed by atoms with Crippen molar-refractivity contribution in [2.24, 2.45) is 11.7 Å². The molecule has 0 bridgehead atoms. The van der Waals surface area contributed by atoms with Gasteiger partial charge in [0.1, 0.15) is 5.84 Å². The fraction of sp³-hybridized carbons (Fsp3) is 0.846. The molecule has 0 aliphatic carbocycles. The van der Waals surface area contributed by atoms with Crippen molar-refractivity contribution in [3.63, 3.8) is 0 Å². The summed E-state index contributed by atoms with van der Waals surface area (Å²) in [7, 11) is 0. The quantitative estimate of drug-likeness (QED) is 0.592. The number of nitrogens with zero attached hydrogens (tertiary/aromatic N) is 2. The molecule has 0 saturated carbocycles. The molecule has 0 aromatic heterocycles. The number of nitrogens with two attached hydrogens (primary N) is 1. The highest BCUT2D eigenvalue weighted by Gasteiger charge is 2.33. The third-order valence-corrected chi connectivity index (χ3v) is 3.53. The number of carbonyl (C=O) groups is 1. The van der Waals surface area contributed by atoms with Crippen LogP contribution >= 0.6 is 0 Å². The molecular formula is C13H26N4O2. The van der Waals surface area contributed by atoms with Crippen molar-refractivity contribution in [3.8, 4) is 0 Å². The number of hydrogen-bond donors (Lipinski definition) is 2. The van der Waals surface area contributed by atoms with Crippen LogP contribution in [-0.2, 0) is 4.74 Å². The van der Waals surface area contributed by atoms with Gasteiger partial charge in [0.05, 0.1) is 12.1 Å². The van der Waals surface area contributed by atoms with Gasteiger partial charge in [-0.25, -0.2) is 4.79 Å². The number of rotatable bonds is 4. The number of nitrogens with one attached hydrogen (secondary N) is 1. The molecule has 1 aliphatic heterocycles. The lowest BCUT2D eigenvalue weighted by Crippen LogP contribution is -2.60. The maximum absolute atomic E-state index is 11.8. The summed E-state index contributed by atoms with van der Waals surface area (Å²) < 4.78 is 5.21. The first kappa shape index (κ1) is 15.8. The first-order valence-corrected chi connectivity index (χ1v) is 6.76. The second kappa shape index (κ2) is 6.23. The van der Waals surface area contributed by atoms with Crippen LogP contribution in [0.25, 0.3) is 0 Å². The molecule has 0 atom stereocenters. The molecule has 1 rings (SSSR count). The van der Waals surface area contributed by atoms with Gasteiger partial charge in [-0.15, -0.1) is 0 Å². The van der Waals surface area contributed by atoms with Crippen LogP contribution in [0.4, 0.5) is 4.79 Å². The molecule has 1 aliphatic rings. The Kier molecular flexibility index (Phi) is 5.17. The minimum absolute atomic E-state index is 0.156. The van der Waals surface area contributed by atoms with E-state index in [9.17, 15) is 4.79 Å². The van der Waals surface area contributed by atoms with Gasteiger partial charge >= 0.3 is 6.09 Å². The van der Waals surface area contributed by atoms with E-state index in [-0.39, 0.29) is 11.9 Å². The molecule has 0 aromatic rings. The molecule has 110 valence electrons. The molecule has 1 heterocycles. The molecule has 0 radical (unpaired) electrons. The summed E-state index contributed by atoms with van der Waals surface area (Å²) in [6.45, 7) is 11.0. The number of carbonyl (C=O) groups excluding carboxylic acids is 1. The molecule has 19 heavy (non-hydrogen) atoms. The summed E-state index contributed by atoms with van der Waals surface area (Å²) in [5.41, 5.74) is 5.16. The Morgan fingerprint density at radius 1 is 1.32 bits per heavy atom. The van der Waals surface area contributed by atoms with E-state index in [0.29, 0.717) is 38.7 Å². The molecule has 1 saturated heterocycles. The lowest BCUT2D eigenvalue weighted by molar-refractivity contribution is 0.0531. The van der Waals surface area contributed by atoms with Gasteiger partial charge in [0, 0.05) is 26.2 Å². The van der Waals surface area contributed by atoms with Crippen molar-refractivity contribution in [2.45, 2.75) is 33.2 Å². The van der Waals surface area contributed by atoms with Gasteiger partial charge in [-0.05, 0) is 19.8 Å². The van der Waals surface area contributed by atoms with Crippen molar-refractivity contribution in [2.75, 3.05) is 32.8 Å². The fourth-order valence-electron chi connectivity index (χ4n) is 1.95. The minimum atomic E-state index is -0.450. The van der Waals surface area contributed by atoms with Crippen molar-refractivity contribution in [3.05, 3.63) is 0 Å². The average molecular weight is 270 g/mol. The average Bonchev–Trinajstić information content (AvgIpc) is 2.35. The molecular weight excluding hydrogens is 244 g/mol. The Balaban J connectivity index is 2.45. The summed E-state index contributed by atoms with van der Waals surface area (Å²) in [6.07, 6.45) is -0.242. The topological polar surface area (TPSA) is 82.7 Å². The Morgan fingerprint density at radius 2 is 1.84 bits per heavy atom. The van der Waals surface area contributed by atoms with E-state index in [1.165, 1.54) is 0 Å². The van der Waals surface area contributed by atoms with Crippen LogP contribution in [0.5, 0.6) is 0 Å². The number of hydrogen-bond acceptors (Lipinski definition) is 4. The van der Waals surface area contributed by atoms with E-state index < -0.39 is 5.54 Å². The molecule has 0 spiro atoms. The number of ether oxygens (including phenoxy) is 1. The second-order valence-electron chi connectivity index (χ2n) is 5.92. The van der Waals surface area contributed by atoms with Crippen molar-refractivity contribution >= 4 is 11.9 Å². The van der Waals surface area contributed by atoms with E-state index in [0.717, 1.165) is 0 Å². The van der Waals surface area contributed by atoms with Crippen LogP contribution in [-0.4, -0.2) is 60.1 Å². The lowest BCUT2D eigenvalue weighted by Gasteiger charge is -2.42. The Hall–Kier alpha value is -1.30. The zero-order chi connectivity index (χ0) is 14.6. The SMILES string of the molecule is CC(C)COC(=O)N1CCN(C(C)(C)C(=N)N)CC1. The van der Waals surface area contributed by atoms with Crippen LogP contribution in [0.3, 0.4) is 0 Å². The lowest BCUT2D eigenvalue weighted by atomic mass is 10.0. The molecule has 6 nitrogen and oxygen atoms in total. The number of amidine groups is 1. The normalized spacial score (nSPS) is 17.6. The van der Waals surface area contributed by atoms with Gasteiger partial charge in [-0.1, -0.05) is 13.8 Å². The molecule has 0 aromatic carbocycles. The number of amides is 1. The third-order valence-electron chi connectivity index (χ3n) is 3.53. The zero-order valence-corrected chi connectivity index (χ0v) is 12.4. The highest BCUT2D eigenvalue weighted by Crippen LogP contribution is 2.17. The third kappa shape index (κ3) is 4.09. The van der Waals surface area contributed by atoms with Gasteiger partial charge in [-0.3, -0.25) is 10.3 Å². The van der Waals surface area contributed by atoms with E-state index >= 15 is 0 Å².